The molecule has 1 unspecified atom stereocenters. The fourth-order valence-corrected chi connectivity index (χ4v) is 3.85. The van der Waals surface area contributed by atoms with E-state index in [0.29, 0.717) is 5.75 Å². The molecule has 0 aromatic heterocycles. The van der Waals surface area contributed by atoms with E-state index in [4.69, 9.17) is 9.47 Å². The summed E-state index contributed by atoms with van der Waals surface area (Å²) >= 11 is 0. The van der Waals surface area contributed by atoms with E-state index in [-0.39, 0.29) is 22.6 Å². The number of hydrazine groups is 1. The van der Waals surface area contributed by atoms with Crippen molar-refractivity contribution in [3.8, 4) is 11.5 Å². The fraction of sp³-hybridized carbons (Fsp3) is 0.154. The second kappa shape index (κ2) is 10.3. The monoisotopic (exact) mass is 491 g/mol. The Balaban J connectivity index is 1.68. The Morgan fingerprint density at radius 3 is 2.31 bits per heavy atom. The number of ether oxygens (including phenoxy) is 2. The van der Waals surface area contributed by atoms with E-state index in [2.05, 4.69) is 5.43 Å². The number of hydrogen-bond donors (Lipinski definition) is 1. The van der Waals surface area contributed by atoms with Gasteiger partial charge in [0.1, 0.15) is 11.9 Å². The molecule has 3 aromatic carbocycles. The number of nitrogens with zero attached hydrogens (tertiary/aromatic N) is 2. The second-order valence-corrected chi connectivity index (χ2v) is 7.82. The maximum Gasteiger partial charge on any atom is 0.273 e. The summed E-state index contributed by atoms with van der Waals surface area (Å²) in [6.07, 6.45) is -0.403. The topological polar surface area (TPSA) is 105 Å². The first kappa shape index (κ1) is 24.4. The van der Waals surface area contributed by atoms with E-state index >= 15 is 0 Å². The minimum Gasteiger partial charge on any atom is -0.493 e. The molecule has 1 heterocycles. The first-order chi connectivity index (χ1) is 17.3. The van der Waals surface area contributed by atoms with Crippen LogP contribution in [-0.4, -0.2) is 48.9 Å². The molecule has 1 fully saturated rings. The van der Waals surface area contributed by atoms with Crippen molar-refractivity contribution in [1.29, 1.82) is 0 Å². The van der Waals surface area contributed by atoms with Gasteiger partial charge in [-0.05, 0) is 48.5 Å². The summed E-state index contributed by atoms with van der Waals surface area (Å²) in [7, 11) is 2.86. The molecule has 184 valence electrons. The predicted octanol–water partition coefficient (Wildman–Crippen LogP) is 2.96. The third kappa shape index (κ3) is 4.74. The molecule has 1 aliphatic heterocycles. The van der Waals surface area contributed by atoms with E-state index in [1.165, 1.54) is 62.8 Å². The number of imide groups is 1. The number of carbonyl (C=O) groups is 4. The third-order valence-electron chi connectivity index (χ3n) is 5.61. The Morgan fingerprint density at radius 1 is 0.917 bits per heavy atom. The van der Waals surface area contributed by atoms with Gasteiger partial charge in [0, 0.05) is 11.1 Å². The van der Waals surface area contributed by atoms with Crippen molar-refractivity contribution in [3.63, 3.8) is 0 Å². The maximum atomic E-state index is 13.8. The number of anilines is 1. The summed E-state index contributed by atoms with van der Waals surface area (Å²) in [5.41, 5.74) is 2.82. The Labute approximate surface area is 206 Å². The number of amides is 4. The molecule has 0 bridgehead atoms. The van der Waals surface area contributed by atoms with Crippen molar-refractivity contribution in [2.45, 2.75) is 12.5 Å². The lowest BCUT2D eigenvalue weighted by Gasteiger charge is -2.28. The summed E-state index contributed by atoms with van der Waals surface area (Å²) in [5, 5.41) is 0.841. The highest BCUT2D eigenvalue weighted by Crippen LogP contribution is 2.29. The van der Waals surface area contributed by atoms with Gasteiger partial charge in [0.25, 0.3) is 17.7 Å². The molecule has 0 radical (unpaired) electrons. The Hall–Kier alpha value is -4.73. The highest BCUT2D eigenvalue weighted by Gasteiger charge is 2.45. The predicted molar refractivity (Wildman–Crippen MR) is 127 cm³/mol. The minimum absolute atomic E-state index is 0.0332. The highest BCUT2D eigenvalue weighted by molar-refractivity contribution is 6.23. The molecule has 0 saturated carbocycles. The van der Waals surface area contributed by atoms with Gasteiger partial charge in [0.2, 0.25) is 5.91 Å². The lowest BCUT2D eigenvalue weighted by Crippen LogP contribution is -2.54. The molecular weight excluding hydrogens is 469 g/mol. The standard InChI is InChI=1S/C26H22FN3O6/c1-35-21-12-11-17(13-22(21)36-2)24(32)28-30(25(33)16-7-4-3-5-8-16)20-15-23(31)29(26(20)34)19-10-6-9-18(27)14-19/h3-14,20H,15H2,1-2H3,(H,28,32). The molecule has 1 aliphatic rings. The van der Waals surface area contributed by atoms with Gasteiger partial charge in [0.15, 0.2) is 11.5 Å². The number of benzene rings is 3. The molecule has 0 spiro atoms. The van der Waals surface area contributed by atoms with Crippen LogP contribution in [0.2, 0.25) is 0 Å². The summed E-state index contributed by atoms with van der Waals surface area (Å²) in [5.74, 6) is -2.77. The largest absolute Gasteiger partial charge is 0.493 e. The molecule has 3 aromatic rings. The number of carbonyl (C=O) groups excluding carboxylic acids is 4. The SMILES string of the molecule is COc1ccc(C(=O)NN(C(=O)c2ccccc2)C2CC(=O)N(c3cccc(F)c3)C2=O)cc1OC. The van der Waals surface area contributed by atoms with Gasteiger partial charge in [-0.3, -0.25) is 24.6 Å². The smallest absolute Gasteiger partial charge is 0.273 e. The van der Waals surface area contributed by atoms with Gasteiger partial charge in [0.05, 0.1) is 26.3 Å². The van der Waals surface area contributed by atoms with Crippen molar-refractivity contribution < 1.29 is 33.0 Å². The Kier molecular flexibility index (Phi) is 6.95. The number of halogens is 1. The fourth-order valence-electron chi connectivity index (χ4n) is 3.85. The molecule has 36 heavy (non-hydrogen) atoms. The summed E-state index contributed by atoms with van der Waals surface area (Å²) in [6, 6.07) is 16.0. The molecule has 9 nitrogen and oxygen atoms in total. The number of hydrogen-bond acceptors (Lipinski definition) is 6. The number of nitrogens with one attached hydrogen (secondary N) is 1. The van der Waals surface area contributed by atoms with Crippen LogP contribution < -0.4 is 19.8 Å². The van der Waals surface area contributed by atoms with Gasteiger partial charge in [-0.15, -0.1) is 0 Å². The first-order valence-corrected chi connectivity index (χ1v) is 10.9. The van der Waals surface area contributed by atoms with Crippen LogP contribution in [0.1, 0.15) is 27.1 Å². The number of methoxy groups -OCH3 is 2. The van der Waals surface area contributed by atoms with Crippen LogP contribution in [0.4, 0.5) is 10.1 Å². The van der Waals surface area contributed by atoms with E-state index in [1.54, 1.807) is 18.2 Å². The van der Waals surface area contributed by atoms with Crippen LogP contribution in [0, 0.1) is 5.82 Å². The van der Waals surface area contributed by atoms with Gasteiger partial charge < -0.3 is 9.47 Å². The summed E-state index contributed by atoms with van der Waals surface area (Å²) in [6.45, 7) is 0. The van der Waals surface area contributed by atoms with Crippen LogP contribution in [0.25, 0.3) is 0 Å². The average Bonchev–Trinajstić information content (AvgIpc) is 3.19. The van der Waals surface area contributed by atoms with Crippen LogP contribution in [-0.2, 0) is 9.59 Å². The second-order valence-electron chi connectivity index (χ2n) is 7.82. The lowest BCUT2D eigenvalue weighted by atomic mass is 10.1. The van der Waals surface area contributed by atoms with Crippen LogP contribution >= 0.6 is 0 Å². The maximum absolute atomic E-state index is 13.8. The lowest BCUT2D eigenvalue weighted by molar-refractivity contribution is -0.122. The van der Waals surface area contributed by atoms with Gasteiger partial charge >= 0.3 is 0 Å². The van der Waals surface area contributed by atoms with Crippen molar-refractivity contribution in [3.05, 3.63) is 89.7 Å². The molecule has 4 amide bonds. The van der Waals surface area contributed by atoms with E-state index < -0.39 is 41.9 Å². The molecule has 1 atom stereocenters. The van der Waals surface area contributed by atoms with E-state index in [1.807, 2.05) is 0 Å². The van der Waals surface area contributed by atoms with Crippen LogP contribution in [0.5, 0.6) is 11.5 Å². The quantitative estimate of drug-likeness (QED) is 0.420. The van der Waals surface area contributed by atoms with Crippen molar-refractivity contribution in [2.75, 3.05) is 19.1 Å². The first-order valence-electron chi connectivity index (χ1n) is 10.9. The summed E-state index contributed by atoms with van der Waals surface area (Å²) < 4.78 is 24.2. The Bertz CT molecular complexity index is 1330. The zero-order valence-electron chi connectivity index (χ0n) is 19.4. The van der Waals surface area contributed by atoms with E-state index in [0.717, 1.165) is 16.0 Å². The van der Waals surface area contributed by atoms with Crippen molar-refractivity contribution in [1.82, 2.24) is 10.4 Å². The zero-order chi connectivity index (χ0) is 25.8. The number of rotatable bonds is 6. The zero-order valence-corrected chi connectivity index (χ0v) is 19.4. The third-order valence-corrected chi connectivity index (χ3v) is 5.61. The highest BCUT2D eigenvalue weighted by atomic mass is 19.1. The summed E-state index contributed by atoms with van der Waals surface area (Å²) in [4.78, 5) is 53.4. The van der Waals surface area contributed by atoms with Gasteiger partial charge in [-0.1, -0.05) is 24.3 Å². The molecule has 1 saturated heterocycles. The minimum atomic E-state index is -1.35. The van der Waals surface area contributed by atoms with Gasteiger partial charge in [-0.25, -0.2) is 14.3 Å². The average molecular weight is 491 g/mol. The van der Waals surface area contributed by atoms with Gasteiger partial charge in [-0.2, -0.15) is 0 Å². The van der Waals surface area contributed by atoms with Crippen molar-refractivity contribution in [2.24, 2.45) is 0 Å². The van der Waals surface area contributed by atoms with Crippen LogP contribution in [0.3, 0.4) is 0 Å². The Morgan fingerprint density at radius 2 is 1.64 bits per heavy atom. The molecule has 0 aliphatic carbocycles. The normalized spacial score (nSPS) is 15.0. The molecule has 4 rings (SSSR count). The molecular formula is C26H22FN3O6. The molecule has 1 N–H and O–H groups in total. The van der Waals surface area contributed by atoms with E-state index in [9.17, 15) is 23.6 Å². The van der Waals surface area contributed by atoms with Crippen LogP contribution in [0.15, 0.2) is 72.8 Å². The van der Waals surface area contributed by atoms with Crippen molar-refractivity contribution >= 4 is 29.3 Å². The molecule has 10 heteroatoms.